The number of primary sulfonamides is 1. The first-order valence-electron chi connectivity index (χ1n) is 7.82. The topological polar surface area (TPSA) is 113 Å². The van der Waals surface area contributed by atoms with E-state index in [1.807, 2.05) is 6.07 Å². The molecule has 0 fully saturated rings. The predicted octanol–water partition coefficient (Wildman–Crippen LogP) is 3.19. The number of amides is 1. The number of carbonyl (C=O) groups excluding carboxylic acids is 1. The van der Waals surface area contributed by atoms with Gasteiger partial charge >= 0.3 is 0 Å². The van der Waals surface area contributed by atoms with E-state index in [0.29, 0.717) is 26.9 Å². The largest absolute Gasteiger partial charge is 0.326 e. The standard InChI is InChI=1S/C19H14ClN3O3S/c20-17-4-2-1-3-14(17)9-19(24)23-15-8-13-6-5-12(11-21)7-16(13)18(10-15)27(22,25)26/h1-8,10H,9H2,(H,23,24)(H2,22,25,26). The Morgan fingerprint density at radius 1 is 1.15 bits per heavy atom. The SMILES string of the molecule is N#Cc1ccc2cc(NC(=O)Cc3ccccc3Cl)cc(S(N)(=O)=O)c2c1. The number of hydrogen-bond donors (Lipinski definition) is 2. The molecule has 0 bridgehead atoms. The van der Waals surface area contributed by atoms with Crippen LogP contribution >= 0.6 is 11.6 Å². The molecule has 0 aliphatic carbocycles. The van der Waals surface area contributed by atoms with Crippen LogP contribution in [-0.2, 0) is 21.2 Å². The minimum atomic E-state index is -4.06. The van der Waals surface area contributed by atoms with Gasteiger partial charge in [0, 0.05) is 16.1 Å². The number of benzene rings is 3. The summed E-state index contributed by atoms with van der Waals surface area (Å²) in [7, 11) is -4.06. The zero-order valence-electron chi connectivity index (χ0n) is 13.9. The highest BCUT2D eigenvalue weighted by atomic mass is 35.5. The molecule has 0 aliphatic rings. The lowest BCUT2D eigenvalue weighted by atomic mass is 10.1. The molecule has 0 aromatic heterocycles. The highest BCUT2D eigenvalue weighted by Gasteiger charge is 2.16. The lowest BCUT2D eigenvalue weighted by Gasteiger charge is -2.11. The number of sulfonamides is 1. The molecule has 3 N–H and O–H groups in total. The summed E-state index contributed by atoms with van der Waals surface area (Å²) < 4.78 is 24.0. The lowest BCUT2D eigenvalue weighted by molar-refractivity contribution is -0.115. The quantitative estimate of drug-likeness (QED) is 0.701. The molecule has 8 heteroatoms. The van der Waals surface area contributed by atoms with Crippen LogP contribution in [0.25, 0.3) is 10.8 Å². The van der Waals surface area contributed by atoms with E-state index in [1.54, 1.807) is 42.5 Å². The summed E-state index contributed by atoms with van der Waals surface area (Å²) in [6, 6.07) is 16.4. The molecule has 0 radical (unpaired) electrons. The average Bonchev–Trinajstić information content (AvgIpc) is 2.61. The van der Waals surface area contributed by atoms with Gasteiger partial charge in [0.25, 0.3) is 0 Å². The summed E-state index contributed by atoms with van der Waals surface area (Å²) in [5.41, 5.74) is 1.25. The third-order valence-corrected chi connectivity index (χ3v) is 5.26. The normalized spacial score (nSPS) is 11.1. The summed E-state index contributed by atoms with van der Waals surface area (Å²) in [6.45, 7) is 0. The first-order chi connectivity index (χ1) is 12.8. The number of nitrogens with zero attached hydrogens (tertiary/aromatic N) is 1. The fourth-order valence-corrected chi connectivity index (χ4v) is 3.70. The number of halogens is 1. The van der Waals surface area contributed by atoms with Crippen LogP contribution in [0.2, 0.25) is 5.02 Å². The molecule has 0 saturated carbocycles. The zero-order chi connectivity index (χ0) is 19.6. The van der Waals surface area contributed by atoms with Crippen molar-refractivity contribution in [3.8, 4) is 6.07 Å². The second kappa shape index (κ2) is 7.37. The lowest BCUT2D eigenvalue weighted by Crippen LogP contribution is -2.17. The van der Waals surface area contributed by atoms with Crippen LogP contribution in [-0.4, -0.2) is 14.3 Å². The van der Waals surface area contributed by atoms with Crippen molar-refractivity contribution in [3.05, 3.63) is 70.7 Å². The number of carbonyl (C=O) groups is 1. The van der Waals surface area contributed by atoms with E-state index in [2.05, 4.69) is 5.32 Å². The summed E-state index contributed by atoms with van der Waals surface area (Å²) in [5, 5.41) is 18.3. The Morgan fingerprint density at radius 2 is 1.89 bits per heavy atom. The second-order valence-corrected chi connectivity index (χ2v) is 7.82. The number of nitriles is 1. The van der Waals surface area contributed by atoms with Crippen molar-refractivity contribution >= 4 is 44.0 Å². The Balaban J connectivity index is 1.99. The van der Waals surface area contributed by atoms with Crippen molar-refractivity contribution in [1.29, 1.82) is 5.26 Å². The number of anilines is 1. The monoisotopic (exact) mass is 399 g/mol. The van der Waals surface area contributed by atoms with Gasteiger partial charge in [-0.3, -0.25) is 4.79 Å². The fourth-order valence-electron chi connectivity index (χ4n) is 2.72. The van der Waals surface area contributed by atoms with Gasteiger partial charge < -0.3 is 5.32 Å². The van der Waals surface area contributed by atoms with Crippen LogP contribution < -0.4 is 10.5 Å². The number of fused-ring (bicyclic) bond motifs is 1. The van der Waals surface area contributed by atoms with Gasteiger partial charge in [0.2, 0.25) is 15.9 Å². The van der Waals surface area contributed by atoms with E-state index in [0.717, 1.165) is 0 Å². The van der Waals surface area contributed by atoms with Crippen LogP contribution in [0.4, 0.5) is 5.69 Å². The van der Waals surface area contributed by atoms with Gasteiger partial charge in [0.05, 0.1) is 22.9 Å². The molecule has 3 rings (SSSR count). The maximum atomic E-state index is 12.3. The molecule has 0 spiro atoms. The first-order valence-corrected chi connectivity index (χ1v) is 9.74. The van der Waals surface area contributed by atoms with Crippen LogP contribution in [0.3, 0.4) is 0 Å². The van der Waals surface area contributed by atoms with Crippen LogP contribution in [0.1, 0.15) is 11.1 Å². The van der Waals surface area contributed by atoms with Crippen molar-refractivity contribution in [3.63, 3.8) is 0 Å². The van der Waals surface area contributed by atoms with Gasteiger partial charge in [-0.1, -0.05) is 35.9 Å². The van der Waals surface area contributed by atoms with Gasteiger partial charge in [0.15, 0.2) is 0 Å². The van der Waals surface area contributed by atoms with Crippen LogP contribution in [0.15, 0.2) is 59.5 Å². The highest BCUT2D eigenvalue weighted by Crippen LogP contribution is 2.28. The Kier molecular flexibility index (Phi) is 5.15. The van der Waals surface area contributed by atoms with E-state index in [-0.39, 0.29) is 22.9 Å². The summed E-state index contributed by atoms with van der Waals surface area (Å²) in [4.78, 5) is 12.2. The fraction of sp³-hybridized carbons (Fsp3) is 0.0526. The zero-order valence-corrected chi connectivity index (χ0v) is 15.5. The number of nitrogens with one attached hydrogen (secondary N) is 1. The Labute approximate surface area is 161 Å². The Bertz CT molecular complexity index is 1200. The summed E-state index contributed by atoms with van der Waals surface area (Å²) in [5.74, 6) is -0.350. The van der Waals surface area contributed by atoms with Crippen molar-refractivity contribution in [1.82, 2.24) is 0 Å². The van der Waals surface area contributed by atoms with Crippen LogP contribution in [0, 0.1) is 11.3 Å². The number of rotatable bonds is 4. The minimum absolute atomic E-state index is 0.0375. The molecule has 3 aromatic carbocycles. The van der Waals surface area contributed by atoms with E-state index < -0.39 is 10.0 Å². The Hall–Kier alpha value is -2.92. The molecule has 27 heavy (non-hydrogen) atoms. The molecule has 0 aliphatic heterocycles. The average molecular weight is 400 g/mol. The molecule has 3 aromatic rings. The molecule has 6 nitrogen and oxygen atoms in total. The smallest absolute Gasteiger partial charge is 0.238 e. The Morgan fingerprint density at radius 3 is 2.56 bits per heavy atom. The third kappa shape index (κ3) is 4.26. The molecular weight excluding hydrogens is 386 g/mol. The maximum absolute atomic E-state index is 12.3. The number of hydrogen-bond acceptors (Lipinski definition) is 4. The van der Waals surface area contributed by atoms with Crippen molar-refractivity contribution in [2.24, 2.45) is 5.14 Å². The molecule has 0 atom stereocenters. The van der Waals surface area contributed by atoms with Gasteiger partial charge in [-0.25, -0.2) is 13.6 Å². The van der Waals surface area contributed by atoms with Gasteiger partial charge in [-0.15, -0.1) is 0 Å². The van der Waals surface area contributed by atoms with E-state index in [1.165, 1.54) is 12.1 Å². The van der Waals surface area contributed by atoms with Gasteiger partial charge in [0.1, 0.15) is 0 Å². The first kappa shape index (κ1) is 18.9. The van der Waals surface area contributed by atoms with Crippen molar-refractivity contribution in [2.75, 3.05) is 5.32 Å². The van der Waals surface area contributed by atoms with E-state index in [9.17, 15) is 13.2 Å². The van der Waals surface area contributed by atoms with Crippen molar-refractivity contribution in [2.45, 2.75) is 11.3 Å². The molecule has 136 valence electrons. The molecular formula is C19H14ClN3O3S. The van der Waals surface area contributed by atoms with Crippen LogP contribution in [0.5, 0.6) is 0 Å². The molecule has 0 saturated heterocycles. The second-order valence-electron chi connectivity index (χ2n) is 5.88. The maximum Gasteiger partial charge on any atom is 0.238 e. The molecule has 0 unspecified atom stereocenters. The van der Waals surface area contributed by atoms with E-state index >= 15 is 0 Å². The predicted molar refractivity (Wildman–Crippen MR) is 104 cm³/mol. The molecule has 1 amide bonds. The number of nitrogens with two attached hydrogens (primary N) is 1. The minimum Gasteiger partial charge on any atom is -0.326 e. The van der Waals surface area contributed by atoms with Gasteiger partial charge in [-0.2, -0.15) is 5.26 Å². The molecule has 0 heterocycles. The third-order valence-electron chi connectivity index (χ3n) is 3.94. The highest BCUT2D eigenvalue weighted by molar-refractivity contribution is 7.89. The van der Waals surface area contributed by atoms with E-state index in [4.69, 9.17) is 22.0 Å². The summed E-state index contributed by atoms with van der Waals surface area (Å²) in [6.07, 6.45) is 0.0375. The van der Waals surface area contributed by atoms with Crippen molar-refractivity contribution < 1.29 is 13.2 Å². The summed E-state index contributed by atoms with van der Waals surface area (Å²) >= 11 is 6.06. The van der Waals surface area contributed by atoms with Gasteiger partial charge in [-0.05, 0) is 41.3 Å².